The van der Waals surface area contributed by atoms with Gasteiger partial charge in [0, 0.05) is 18.4 Å². The lowest BCUT2D eigenvalue weighted by Crippen LogP contribution is -2.26. The van der Waals surface area contributed by atoms with E-state index in [0.717, 1.165) is 36.3 Å². The maximum atomic E-state index is 9.65. The van der Waals surface area contributed by atoms with Crippen molar-refractivity contribution in [2.24, 2.45) is 0 Å². The van der Waals surface area contributed by atoms with E-state index in [2.05, 4.69) is 41.1 Å². The highest BCUT2D eigenvalue weighted by molar-refractivity contribution is 5.67. The molecular formula is C17H20N2O. The number of para-hydroxylation sites is 1. The fourth-order valence-corrected chi connectivity index (χ4v) is 2.85. The van der Waals surface area contributed by atoms with E-state index in [9.17, 15) is 5.11 Å². The third-order valence-corrected chi connectivity index (χ3v) is 3.92. The highest BCUT2D eigenvalue weighted by atomic mass is 16.3. The molecule has 3 rings (SSSR count). The molecule has 104 valence electrons. The summed E-state index contributed by atoms with van der Waals surface area (Å²) in [6.07, 6.45) is 3.60. The summed E-state index contributed by atoms with van der Waals surface area (Å²) >= 11 is 0. The molecule has 1 atom stereocenters. The Morgan fingerprint density at radius 3 is 2.85 bits per heavy atom. The second-order valence-corrected chi connectivity index (χ2v) is 5.47. The number of fused-ring (bicyclic) bond motifs is 1. The molecule has 0 amide bonds. The molecular weight excluding hydrogens is 248 g/mol. The quantitative estimate of drug-likeness (QED) is 0.905. The molecule has 2 heterocycles. The number of aliphatic hydroxyl groups excluding tert-OH is 1. The molecule has 1 aliphatic heterocycles. The van der Waals surface area contributed by atoms with Gasteiger partial charge in [0.15, 0.2) is 0 Å². The number of hydrogen-bond acceptors (Lipinski definition) is 3. The van der Waals surface area contributed by atoms with Crippen LogP contribution in [0.4, 0.5) is 11.5 Å². The molecule has 1 N–H and O–H groups in total. The number of anilines is 2. The highest BCUT2D eigenvalue weighted by Gasteiger charge is 2.20. The number of nitrogens with zero attached hydrogens (tertiary/aromatic N) is 2. The van der Waals surface area contributed by atoms with Crippen LogP contribution in [0.25, 0.3) is 0 Å². The van der Waals surface area contributed by atoms with E-state index in [1.165, 1.54) is 11.3 Å². The number of hydrogen-bond donors (Lipinski definition) is 1. The normalized spacial score (nSPS) is 15.8. The van der Waals surface area contributed by atoms with Gasteiger partial charge in [-0.15, -0.1) is 0 Å². The van der Waals surface area contributed by atoms with E-state index >= 15 is 0 Å². The molecule has 2 aromatic rings. The van der Waals surface area contributed by atoms with Crippen molar-refractivity contribution in [3.05, 3.63) is 53.2 Å². The molecule has 1 aromatic carbocycles. The van der Waals surface area contributed by atoms with Crippen LogP contribution in [0.3, 0.4) is 0 Å². The average molecular weight is 268 g/mol. The van der Waals surface area contributed by atoms with E-state index in [1.54, 1.807) is 13.1 Å². The van der Waals surface area contributed by atoms with Crippen LogP contribution in [-0.2, 0) is 6.42 Å². The molecule has 20 heavy (non-hydrogen) atoms. The maximum Gasteiger partial charge on any atom is 0.135 e. The van der Waals surface area contributed by atoms with Crippen molar-refractivity contribution >= 4 is 11.5 Å². The van der Waals surface area contributed by atoms with E-state index in [-0.39, 0.29) is 0 Å². The summed E-state index contributed by atoms with van der Waals surface area (Å²) in [7, 11) is 0. The topological polar surface area (TPSA) is 36.4 Å². The second kappa shape index (κ2) is 5.25. The second-order valence-electron chi connectivity index (χ2n) is 5.47. The van der Waals surface area contributed by atoms with E-state index < -0.39 is 6.10 Å². The zero-order chi connectivity index (χ0) is 14.1. The predicted octanol–water partition coefficient (Wildman–Crippen LogP) is 3.53. The van der Waals surface area contributed by atoms with Gasteiger partial charge in [-0.25, -0.2) is 4.98 Å². The molecule has 0 bridgehead atoms. The third kappa shape index (κ3) is 2.29. The fourth-order valence-electron chi connectivity index (χ4n) is 2.85. The van der Waals surface area contributed by atoms with Gasteiger partial charge in [-0.3, -0.25) is 0 Å². The Kier molecular flexibility index (Phi) is 3.45. The van der Waals surface area contributed by atoms with Crippen molar-refractivity contribution in [3.8, 4) is 0 Å². The summed E-state index contributed by atoms with van der Waals surface area (Å²) < 4.78 is 0. The van der Waals surface area contributed by atoms with Gasteiger partial charge in [0.25, 0.3) is 0 Å². The predicted molar refractivity (Wildman–Crippen MR) is 81.4 cm³/mol. The van der Waals surface area contributed by atoms with Gasteiger partial charge in [0.1, 0.15) is 5.82 Å². The third-order valence-electron chi connectivity index (χ3n) is 3.92. The maximum absolute atomic E-state index is 9.65. The SMILES string of the molecule is Cc1cc(C(C)O)cnc1N1CCCc2ccccc21. The van der Waals surface area contributed by atoms with Crippen LogP contribution in [0.5, 0.6) is 0 Å². The Hall–Kier alpha value is -1.87. The number of benzene rings is 1. The van der Waals surface area contributed by atoms with Gasteiger partial charge in [-0.1, -0.05) is 18.2 Å². The number of aryl methyl sites for hydroxylation is 2. The average Bonchev–Trinajstić information content (AvgIpc) is 2.46. The summed E-state index contributed by atoms with van der Waals surface area (Å²) in [5.41, 5.74) is 4.63. The summed E-state index contributed by atoms with van der Waals surface area (Å²) in [4.78, 5) is 6.88. The number of aromatic nitrogens is 1. The molecule has 1 aromatic heterocycles. The molecule has 0 fully saturated rings. The van der Waals surface area contributed by atoms with Gasteiger partial charge in [0.05, 0.1) is 6.10 Å². The first kappa shape index (κ1) is 13.1. The first-order valence-electron chi connectivity index (χ1n) is 7.17. The van der Waals surface area contributed by atoms with Gasteiger partial charge in [-0.2, -0.15) is 0 Å². The number of rotatable bonds is 2. The van der Waals surface area contributed by atoms with Crippen LogP contribution in [0.15, 0.2) is 36.5 Å². The van der Waals surface area contributed by atoms with Gasteiger partial charge >= 0.3 is 0 Å². The lowest BCUT2D eigenvalue weighted by Gasteiger charge is -2.31. The molecule has 1 aliphatic rings. The van der Waals surface area contributed by atoms with Crippen LogP contribution in [-0.4, -0.2) is 16.6 Å². The van der Waals surface area contributed by atoms with Crippen molar-refractivity contribution in [1.29, 1.82) is 0 Å². The first-order chi connectivity index (χ1) is 9.66. The van der Waals surface area contributed by atoms with Crippen molar-refractivity contribution in [3.63, 3.8) is 0 Å². The standard InChI is InChI=1S/C17H20N2O/c1-12-10-15(13(2)20)11-18-17(12)19-9-5-7-14-6-3-4-8-16(14)19/h3-4,6,8,10-11,13,20H,5,7,9H2,1-2H3. The van der Waals surface area contributed by atoms with Crippen LogP contribution in [0, 0.1) is 6.92 Å². The van der Waals surface area contributed by atoms with Crippen molar-refractivity contribution in [2.75, 3.05) is 11.4 Å². The fraction of sp³-hybridized carbons (Fsp3) is 0.353. The lowest BCUT2D eigenvalue weighted by atomic mass is 10.0. The van der Waals surface area contributed by atoms with Crippen molar-refractivity contribution < 1.29 is 5.11 Å². The Morgan fingerprint density at radius 1 is 1.30 bits per heavy atom. The molecule has 1 unspecified atom stereocenters. The minimum atomic E-state index is -0.469. The Balaban J connectivity index is 2.02. The summed E-state index contributed by atoms with van der Waals surface area (Å²) in [5.74, 6) is 1.00. The summed E-state index contributed by atoms with van der Waals surface area (Å²) in [6.45, 7) is 4.83. The van der Waals surface area contributed by atoms with Crippen molar-refractivity contribution in [1.82, 2.24) is 4.98 Å². The van der Waals surface area contributed by atoms with Gasteiger partial charge in [0.2, 0.25) is 0 Å². The number of aliphatic hydroxyl groups is 1. The molecule has 0 saturated heterocycles. The molecule has 0 saturated carbocycles. The Bertz CT molecular complexity index is 622. The van der Waals surface area contributed by atoms with Crippen LogP contribution >= 0.6 is 0 Å². The largest absolute Gasteiger partial charge is 0.389 e. The van der Waals surface area contributed by atoms with Crippen LogP contribution in [0.1, 0.15) is 36.1 Å². The van der Waals surface area contributed by atoms with Gasteiger partial charge in [-0.05, 0) is 55.5 Å². The highest BCUT2D eigenvalue weighted by Crippen LogP contribution is 2.34. The van der Waals surface area contributed by atoms with Crippen LogP contribution < -0.4 is 4.90 Å². The van der Waals surface area contributed by atoms with E-state index in [0.29, 0.717) is 0 Å². The number of pyridine rings is 1. The molecule has 3 heteroatoms. The summed E-state index contributed by atoms with van der Waals surface area (Å²) in [5, 5.41) is 9.65. The Labute approximate surface area is 119 Å². The van der Waals surface area contributed by atoms with E-state index in [4.69, 9.17) is 0 Å². The minimum absolute atomic E-state index is 0.469. The zero-order valence-electron chi connectivity index (χ0n) is 12.0. The monoisotopic (exact) mass is 268 g/mol. The summed E-state index contributed by atoms with van der Waals surface area (Å²) in [6, 6.07) is 10.6. The lowest BCUT2D eigenvalue weighted by molar-refractivity contribution is 0.199. The Morgan fingerprint density at radius 2 is 2.10 bits per heavy atom. The van der Waals surface area contributed by atoms with Crippen molar-refractivity contribution in [2.45, 2.75) is 32.8 Å². The first-order valence-corrected chi connectivity index (χ1v) is 7.17. The zero-order valence-corrected chi connectivity index (χ0v) is 12.0. The molecule has 3 nitrogen and oxygen atoms in total. The smallest absolute Gasteiger partial charge is 0.135 e. The van der Waals surface area contributed by atoms with Gasteiger partial charge < -0.3 is 10.0 Å². The minimum Gasteiger partial charge on any atom is -0.389 e. The van der Waals surface area contributed by atoms with Crippen LogP contribution in [0.2, 0.25) is 0 Å². The molecule has 0 radical (unpaired) electrons. The van der Waals surface area contributed by atoms with E-state index in [1.807, 2.05) is 6.07 Å². The molecule has 0 aliphatic carbocycles. The molecule has 0 spiro atoms.